The van der Waals surface area contributed by atoms with Crippen molar-refractivity contribution in [2.45, 2.75) is 18.8 Å². The van der Waals surface area contributed by atoms with Gasteiger partial charge in [0.2, 0.25) is 5.91 Å². The van der Waals surface area contributed by atoms with Gasteiger partial charge < -0.3 is 10.0 Å². The predicted molar refractivity (Wildman–Crippen MR) is 78.2 cm³/mol. The van der Waals surface area contributed by atoms with Crippen molar-refractivity contribution in [3.8, 4) is 0 Å². The minimum Gasteiger partial charge on any atom is -0.480 e. The molecule has 2 aliphatic rings. The highest BCUT2D eigenvalue weighted by atomic mass is 16.4. The number of fused-ring (bicyclic) bond motifs is 1. The molecule has 5 heteroatoms. The SMILES string of the molecule is O=C(O)CN1CCCN(C(=O)C2Cc3ccccc32)CC1. The summed E-state index contributed by atoms with van der Waals surface area (Å²) < 4.78 is 0. The van der Waals surface area contributed by atoms with Gasteiger partial charge in [-0.2, -0.15) is 0 Å². The second-order valence-electron chi connectivity index (χ2n) is 5.80. The van der Waals surface area contributed by atoms with Crippen molar-refractivity contribution in [1.82, 2.24) is 9.80 Å². The van der Waals surface area contributed by atoms with E-state index in [-0.39, 0.29) is 18.4 Å². The summed E-state index contributed by atoms with van der Waals surface area (Å²) in [7, 11) is 0. The van der Waals surface area contributed by atoms with Crippen LogP contribution in [0.15, 0.2) is 24.3 Å². The lowest BCUT2D eigenvalue weighted by Crippen LogP contribution is -2.41. The Hall–Kier alpha value is -1.88. The van der Waals surface area contributed by atoms with Gasteiger partial charge in [0, 0.05) is 26.2 Å². The van der Waals surface area contributed by atoms with Gasteiger partial charge in [0.05, 0.1) is 12.5 Å². The first-order valence-corrected chi connectivity index (χ1v) is 7.46. The highest BCUT2D eigenvalue weighted by Crippen LogP contribution is 2.36. The van der Waals surface area contributed by atoms with Crippen LogP contribution in [0.5, 0.6) is 0 Å². The van der Waals surface area contributed by atoms with Gasteiger partial charge in [-0.05, 0) is 24.0 Å². The number of carbonyl (C=O) groups is 2. The van der Waals surface area contributed by atoms with Crippen molar-refractivity contribution >= 4 is 11.9 Å². The molecule has 1 N–H and O–H groups in total. The Bertz CT molecular complexity index is 558. The van der Waals surface area contributed by atoms with Gasteiger partial charge in [0.1, 0.15) is 0 Å². The number of aliphatic carboxylic acids is 1. The summed E-state index contributed by atoms with van der Waals surface area (Å²) >= 11 is 0. The summed E-state index contributed by atoms with van der Waals surface area (Å²) in [5.41, 5.74) is 2.44. The third-order valence-corrected chi connectivity index (χ3v) is 4.41. The molecule has 1 aromatic rings. The van der Waals surface area contributed by atoms with E-state index in [0.29, 0.717) is 13.1 Å². The molecule has 1 fully saturated rings. The second kappa shape index (κ2) is 5.85. The highest BCUT2D eigenvalue weighted by molar-refractivity contribution is 5.87. The molecule has 3 rings (SSSR count). The van der Waals surface area contributed by atoms with Gasteiger partial charge in [-0.25, -0.2) is 0 Å². The van der Waals surface area contributed by atoms with Crippen LogP contribution in [0.2, 0.25) is 0 Å². The Labute approximate surface area is 124 Å². The molecule has 0 spiro atoms. The van der Waals surface area contributed by atoms with Gasteiger partial charge in [-0.15, -0.1) is 0 Å². The van der Waals surface area contributed by atoms with Crippen molar-refractivity contribution < 1.29 is 14.7 Å². The Kier molecular flexibility index (Phi) is 3.92. The molecule has 1 heterocycles. The molecule has 1 atom stereocenters. The maximum absolute atomic E-state index is 12.6. The van der Waals surface area contributed by atoms with Gasteiger partial charge >= 0.3 is 5.97 Å². The van der Waals surface area contributed by atoms with Crippen LogP contribution in [0.1, 0.15) is 23.5 Å². The number of nitrogens with zero attached hydrogens (tertiary/aromatic N) is 2. The number of hydrogen-bond donors (Lipinski definition) is 1. The Morgan fingerprint density at radius 1 is 1.14 bits per heavy atom. The Morgan fingerprint density at radius 2 is 1.95 bits per heavy atom. The van der Waals surface area contributed by atoms with Crippen LogP contribution in [0.3, 0.4) is 0 Å². The maximum atomic E-state index is 12.6. The van der Waals surface area contributed by atoms with Gasteiger partial charge in [-0.3, -0.25) is 14.5 Å². The quantitative estimate of drug-likeness (QED) is 0.899. The largest absolute Gasteiger partial charge is 0.480 e. The van der Waals surface area contributed by atoms with Crippen molar-refractivity contribution in [3.63, 3.8) is 0 Å². The summed E-state index contributed by atoms with van der Waals surface area (Å²) in [4.78, 5) is 27.2. The first-order valence-electron chi connectivity index (χ1n) is 7.46. The van der Waals surface area contributed by atoms with Crippen LogP contribution in [0.25, 0.3) is 0 Å². The average molecular weight is 288 g/mol. The molecule has 0 bridgehead atoms. The summed E-state index contributed by atoms with van der Waals surface area (Å²) in [5.74, 6) is -0.596. The zero-order chi connectivity index (χ0) is 14.8. The summed E-state index contributed by atoms with van der Waals surface area (Å²) in [6, 6.07) is 8.11. The minimum absolute atomic E-state index is 0.00669. The smallest absolute Gasteiger partial charge is 0.317 e. The fourth-order valence-corrected chi connectivity index (χ4v) is 3.24. The monoisotopic (exact) mass is 288 g/mol. The molecule has 0 saturated carbocycles. The normalized spacial score (nSPS) is 22.1. The summed E-state index contributed by atoms with van der Waals surface area (Å²) in [6.45, 7) is 2.82. The molecule has 1 unspecified atom stereocenters. The van der Waals surface area contributed by atoms with E-state index < -0.39 is 5.97 Å². The van der Waals surface area contributed by atoms with E-state index in [2.05, 4.69) is 6.07 Å². The fourth-order valence-electron chi connectivity index (χ4n) is 3.24. The van der Waals surface area contributed by atoms with E-state index in [9.17, 15) is 9.59 Å². The van der Waals surface area contributed by atoms with Crippen molar-refractivity contribution in [2.75, 3.05) is 32.7 Å². The Morgan fingerprint density at radius 3 is 2.71 bits per heavy atom. The van der Waals surface area contributed by atoms with E-state index in [1.54, 1.807) is 0 Å². The van der Waals surface area contributed by atoms with E-state index >= 15 is 0 Å². The molecule has 1 aliphatic carbocycles. The summed E-state index contributed by atoms with van der Waals surface area (Å²) in [5, 5.41) is 8.86. The van der Waals surface area contributed by atoms with Crippen LogP contribution < -0.4 is 0 Å². The Balaban J connectivity index is 1.61. The maximum Gasteiger partial charge on any atom is 0.317 e. The van der Waals surface area contributed by atoms with Crippen LogP contribution in [-0.2, 0) is 16.0 Å². The van der Waals surface area contributed by atoms with Gasteiger partial charge in [-0.1, -0.05) is 24.3 Å². The number of carboxylic acids is 1. The number of carbonyl (C=O) groups excluding carboxylic acids is 1. The van der Waals surface area contributed by atoms with E-state index in [1.807, 2.05) is 28.0 Å². The molecule has 112 valence electrons. The second-order valence-corrected chi connectivity index (χ2v) is 5.80. The molecule has 21 heavy (non-hydrogen) atoms. The molecular formula is C16H20N2O3. The van der Waals surface area contributed by atoms with Crippen molar-refractivity contribution in [1.29, 1.82) is 0 Å². The van der Waals surface area contributed by atoms with Crippen LogP contribution in [0, 0.1) is 0 Å². The number of hydrogen-bond acceptors (Lipinski definition) is 3. The number of benzene rings is 1. The molecule has 0 radical (unpaired) electrons. The molecule has 1 saturated heterocycles. The van der Waals surface area contributed by atoms with Crippen molar-refractivity contribution in [3.05, 3.63) is 35.4 Å². The van der Waals surface area contributed by atoms with E-state index in [4.69, 9.17) is 5.11 Å². The first kappa shape index (κ1) is 14.1. The number of carboxylic acid groups (broad SMARTS) is 1. The van der Waals surface area contributed by atoms with Crippen LogP contribution in [-0.4, -0.2) is 59.5 Å². The third kappa shape index (κ3) is 2.93. The summed E-state index contributed by atoms with van der Waals surface area (Å²) in [6.07, 6.45) is 1.68. The standard InChI is InChI=1S/C16H20N2O3/c19-15(20)11-17-6-3-7-18(9-8-17)16(21)14-10-12-4-1-2-5-13(12)14/h1-2,4-5,14H,3,6-11H2,(H,19,20). The lowest BCUT2D eigenvalue weighted by atomic mass is 9.77. The topological polar surface area (TPSA) is 60.9 Å². The third-order valence-electron chi connectivity index (χ3n) is 4.41. The molecule has 5 nitrogen and oxygen atoms in total. The lowest BCUT2D eigenvalue weighted by Gasteiger charge is -2.33. The molecule has 1 amide bonds. The number of amides is 1. The molecule has 1 aromatic carbocycles. The van der Waals surface area contributed by atoms with Crippen molar-refractivity contribution in [2.24, 2.45) is 0 Å². The highest BCUT2D eigenvalue weighted by Gasteiger charge is 2.35. The fraction of sp³-hybridized carbons (Fsp3) is 0.500. The average Bonchev–Trinajstić information content (AvgIpc) is 2.65. The van der Waals surface area contributed by atoms with Gasteiger partial charge in [0.15, 0.2) is 0 Å². The number of rotatable bonds is 3. The lowest BCUT2D eigenvalue weighted by molar-refractivity contribution is -0.138. The zero-order valence-corrected chi connectivity index (χ0v) is 12.0. The zero-order valence-electron chi connectivity index (χ0n) is 12.0. The van der Waals surface area contributed by atoms with E-state index in [1.165, 1.54) is 5.56 Å². The molecule has 0 aromatic heterocycles. The van der Waals surface area contributed by atoms with Crippen LogP contribution in [0.4, 0.5) is 0 Å². The molecular weight excluding hydrogens is 268 g/mol. The predicted octanol–water partition coefficient (Wildman–Crippen LogP) is 0.945. The van der Waals surface area contributed by atoms with E-state index in [0.717, 1.165) is 31.5 Å². The minimum atomic E-state index is -0.803. The molecule has 1 aliphatic heterocycles. The first-order chi connectivity index (χ1) is 10.1. The van der Waals surface area contributed by atoms with Gasteiger partial charge in [0.25, 0.3) is 0 Å². The van der Waals surface area contributed by atoms with Crippen LogP contribution >= 0.6 is 0 Å².